The maximum absolute atomic E-state index is 13.0. The van der Waals surface area contributed by atoms with E-state index in [0.29, 0.717) is 17.5 Å². The average Bonchev–Trinajstić information content (AvgIpc) is 3.57. The second kappa shape index (κ2) is 8.58. The lowest BCUT2D eigenvalue weighted by Gasteiger charge is -2.25. The van der Waals surface area contributed by atoms with Crippen LogP contribution in [0.5, 0.6) is 0 Å². The number of anilines is 2. The molecular formula is C24H32N6O2. The Kier molecular flexibility index (Phi) is 5.63. The van der Waals surface area contributed by atoms with E-state index in [1.165, 1.54) is 40.6 Å². The monoisotopic (exact) mass is 436 g/mol. The molecule has 0 bridgehead atoms. The first-order valence-corrected chi connectivity index (χ1v) is 11.6. The van der Waals surface area contributed by atoms with Crippen molar-refractivity contribution in [3.05, 3.63) is 42.2 Å². The summed E-state index contributed by atoms with van der Waals surface area (Å²) in [5.41, 5.74) is 3.44. The molecule has 1 aromatic carbocycles. The predicted molar refractivity (Wildman–Crippen MR) is 124 cm³/mol. The quantitative estimate of drug-likeness (QED) is 0.737. The third-order valence-electron chi connectivity index (χ3n) is 7.29. The van der Waals surface area contributed by atoms with Crippen molar-refractivity contribution in [2.45, 2.75) is 26.3 Å². The number of carbonyl (C=O) groups excluding carboxylic acids is 2. The molecule has 170 valence electrons. The van der Waals surface area contributed by atoms with E-state index < -0.39 is 0 Å². The van der Waals surface area contributed by atoms with Gasteiger partial charge < -0.3 is 14.7 Å². The fraction of sp³-hybridized carbons (Fsp3) is 0.542. The number of carbonyl (C=O) groups is 2. The highest BCUT2D eigenvalue weighted by molar-refractivity contribution is 5.91. The van der Waals surface area contributed by atoms with E-state index in [-0.39, 0.29) is 11.9 Å². The minimum absolute atomic E-state index is 0.0842. The van der Waals surface area contributed by atoms with Crippen molar-refractivity contribution >= 4 is 23.3 Å². The number of aromatic nitrogens is 2. The zero-order valence-corrected chi connectivity index (χ0v) is 19.0. The summed E-state index contributed by atoms with van der Waals surface area (Å²) in [5, 5.41) is 4.19. The molecule has 3 fully saturated rings. The van der Waals surface area contributed by atoms with Crippen molar-refractivity contribution in [3.8, 4) is 0 Å². The Morgan fingerprint density at radius 2 is 1.75 bits per heavy atom. The SMILES string of the molecule is CC(=O)N(C)c1cnn(C(=O)N2CC3CN(Cc4ccccc4N4CCCC4)CC3C2)c1. The van der Waals surface area contributed by atoms with Gasteiger partial charge in [-0.2, -0.15) is 9.78 Å². The summed E-state index contributed by atoms with van der Waals surface area (Å²) >= 11 is 0. The maximum Gasteiger partial charge on any atom is 0.344 e. The number of likely N-dealkylation sites (tertiary alicyclic amines) is 2. The largest absolute Gasteiger partial charge is 0.371 e. The molecule has 8 heteroatoms. The van der Waals surface area contributed by atoms with Crippen LogP contribution in [-0.2, 0) is 11.3 Å². The first-order valence-electron chi connectivity index (χ1n) is 11.6. The van der Waals surface area contributed by atoms with Gasteiger partial charge in [-0.1, -0.05) is 18.2 Å². The van der Waals surface area contributed by atoms with Crippen molar-refractivity contribution in [1.29, 1.82) is 0 Å². The Morgan fingerprint density at radius 3 is 2.44 bits per heavy atom. The minimum atomic E-state index is -0.103. The highest BCUT2D eigenvalue weighted by atomic mass is 16.2. The van der Waals surface area contributed by atoms with Crippen molar-refractivity contribution in [2.75, 3.05) is 56.1 Å². The van der Waals surface area contributed by atoms with Crippen LogP contribution in [0.4, 0.5) is 16.2 Å². The van der Waals surface area contributed by atoms with Gasteiger partial charge in [-0.3, -0.25) is 9.69 Å². The van der Waals surface area contributed by atoms with E-state index in [9.17, 15) is 9.59 Å². The first-order chi connectivity index (χ1) is 15.5. The molecule has 3 saturated heterocycles. The van der Waals surface area contributed by atoms with Gasteiger partial charge in [0.25, 0.3) is 0 Å². The average molecular weight is 437 g/mol. The van der Waals surface area contributed by atoms with Crippen LogP contribution in [0, 0.1) is 11.8 Å². The van der Waals surface area contributed by atoms with Crippen molar-refractivity contribution in [1.82, 2.24) is 19.6 Å². The first kappa shape index (κ1) is 21.0. The van der Waals surface area contributed by atoms with Gasteiger partial charge >= 0.3 is 6.03 Å². The van der Waals surface area contributed by atoms with E-state index in [1.54, 1.807) is 19.4 Å². The lowest BCUT2D eigenvalue weighted by atomic mass is 10.0. The molecule has 0 aliphatic carbocycles. The molecule has 2 unspecified atom stereocenters. The van der Waals surface area contributed by atoms with Crippen LogP contribution >= 0.6 is 0 Å². The predicted octanol–water partition coefficient (Wildman–Crippen LogP) is 2.50. The lowest BCUT2D eigenvalue weighted by Crippen LogP contribution is -2.36. The van der Waals surface area contributed by atoms with Gasteiger partial charge in [0, 0.05) is 65.5 Å². The van der Waals surface area contributed by atoms with Gasteiger partial charge in [0.05, 0.1) is 18.1 Å². The molecule has 2 atom stereocenters. The molecule has 0 saturated carbocycles. The van der Waals surface area contributed by atoms with E-state index >= 15 is 0 Å². The van der Waals surface area contributed by atoms with Crippen LogP contribution in [0.2, 0.25) is 0 Å². The zero-order chi connectivity index (χ0) is 22.2. The third-order valence-corrected chi connectivity index (χ3v) is 7.29. The van der Waals surface area contributed by atoms with Gasteiger partial charge in [-0.25, -0.2) is 4.79 Å². The summed E-state index contributed by atoms with van der Waals surface area (Å²) in [7, 11) is 1.69. The van der Waals surface area contributed by atoms with Gasteiger partial charge in [0.1, 0.15) is 0 Å². The summed E-state index contributed by atoms with van der Waals surface area (Å²) in [4.78, 5) is 33.0. The van der Waals surface area contributed by atoms with Gasteiger partial charge in [0.15, 0.2) is 0 Å². The number of hydrogen-bond donors (Lipinski definition) is 0. The number of nitrogens with zero attached hydrogens (tertiary/aromatic N) is 6. The molecular weight excluding hydrogens is 404 g/mol. The Morgan fingerprint density at radius 1 is 1.06 bits per heavy atom. The molecule has 2 amide bonds. The van der Waals surface area contributed by atoms with Crippen LogP contribution in [0.25, 0.3) is 0 Å². The standard InChI is InChI=1S/C24H32N6O2/c1-18(31)26(2)22-11-25-30(17-22)24(32)29-15-20-13-27(14-21(20)16-29)12-19-7-3-4-8-23(19)28-9-5-6-10-28/h3-4,7-8,11,17,20-21H,5-6,9-10,12-16H2,1-2H3. The fourth-order valence-electron chi connectivity index (χ4n) is 5.45. The molecule has 8 nitrogen and oxygen atoms in total. The van der Waals surface area contributed by atoms with Gasteiger partial charge in [-0.15, -0.1) is 0 Å². The minimum Gasteiger partial charge on any atom is -0.371 e. The van der Waals surface area contributed by atoms with Crippen molar-refractivity contribution in [2.24, 2.45) is 11.8 Å². The smallest absolute Gasteiger partial charge is 0.344 e. The molecule has 3 aliphatic heterocycles. The van der Waals surface area contributed by atoms with Crippen LogP contribution in [0.15, 0.2) is 36.7 Å². The summed E-state index contributed by atoms with van der Waals surface area (Å²) in [6.07, 6.45) is 5.78. The number of amides is 2. The van der Waals surface area contributed by atoms with Crippen molar-refractivity contribution < 1.29 is 9.59 Å². The Labute approximate surface area is 189 Å². The maximum atomic E-state index is 13.0. The molecule has 3 aliphatic rings. The highest BCUT2D eigenvalue weighted by Crippen LogP contribution is 2.34. The van der Waals surface area contributed by atoms with Crippen LogP contribution in [0.3, 0.4) is 0 Å². The molecule has 2 aromatic rings. The van der Waals surface area contributed by atoms with Crippen LogP contribution < -0.4 is 9.80 Å². The van der Waals surface area contributed by atoms with Crippen molar-refractivity contribution in [3.63, 3.8) is 0 Å². The van der Waals surface area contributed by atoms with E-state index in [0.717, 1.165) is 45.8 Å². The lowest BCUT2D eigenvalue weighted by molar-refractivity contribution is -0.116. The summed E-state index contributed by atoms with van der Waals surface area (Å²) in [6, 6.07) is 8.72. The molecule has 1 aromatic heterocycles. The zero-order valence-electron chi connectivity index (χ0n) is 19.0. The molecule has 32 heavy (non-hydrogen) atoms. The number of hydrogen-bond acceptors (Lipinski definition) is 5. The van der Waals surface area contributed by atoms with Crippen LogP contribution in [-0.4, -0.2) is 77.8 Å². The molecule has 0 spiro atoms. The van der Waals surface area contributed by atoms with Crippen LogP contribution in [0.1, 0.15) is 25.3 Å². The number of fused-ring (bicyclic) bond motifs is 1. The number of benzene rings is 1. The Hall–Kier alpha value is -2.87. The second-order valence-electron chi connectivity index (χ2n) is 9.45. The molecule has 0 N–H and O–H groups in total. The molecule has 4 heterocycles. The topological polar surface area (TPSA) is 64.9 Å². The summed E-state index contributed by atoms with van der Waals surface area (Å²) < 4.78 is 1.36. The third kappa shape index (κ3) is 3.99. The summed E-state index contributed by atoms with van der Waals surface area (Å²) in [6.45, 7) is 8.40. The second-order valence-corrected chi connectivity index (χ2v) is 9.45. The van der Waals surface area contributed by atoms with E-state index in [1.807, 2.05) is 4.90 Å². The summed E-state index contributed by atoms with van der Waals surface area (Å²) in [5.74, 6) is 0.930. The van der Waals surface area contributed by atoms with Gasteiger partial charge in [0.2, 0.25) is 5.91 Å². The Bertz CT molecular complexity index is 984. The molecule has 0 radical (unpaired) electrons. The van der Waals surface area contributed by atoms with E-state index in [4.69, 9.17) is 0 Å². The Balaban J connectivity index is 1.19. The number of rotatable bonds is 4. The number of para-hydroxylation sites is 1. The molecule has 5 rings (SSSR count). The fourth-order valence-corrected chi connectivity index (χ4v) is 5.45. The van der Waals surface area contributed by atoms with E-state index in [2.05, 4.69) is 39.2 Å². The highest BCUT2D eigenvalue weighted by Gasteiger charge is 2.42. The normalized spacial score (nSPS) is 23.1. The van der Waals surface area contributed by atoms with Gasteiger partial charge in [-0.05, 0) is 36.3 Å².